The third-order valence-electron chi connectivity index (χ3n) is 5.15. The van der Waals surface area contributed by atoms with Crippen LogP contribution in [0.2, 0.25) is 5.02 Å². The monoisotopic (exact) mass is 410 g/mol. The second kappa shape index (κ2) is 8.05. The molecule has 29 heavy (non-hydrogen) atoms. The average molecular weight is 411 g/mol. The molecule has 0 radical (unpaired) electrons. The molecule has 4 rings (SSSR count). The number of hydrogen-bond acceptors (Lipinski definition) is 4. The van der Waals surface area contributed by atoms with Crippen molar-refractivity contribution in [3.63, 3.8) is 0 Å². The summed E-state index contributed by atoms with van der Waals surface area (Å²) in [6.45, 7) is 0.686. The molecular weight excluding hydrogens is 392 g/mol. The molecule has 0 unspecified atom stereocenters. The molecule has 1 aromatic heterocycles. The minimum atomic E-state index is -0.540. The molecule has 1 N–H and O–H groups in total. The molecule has 1 aliphatic rings. The Labute approximate surface area is 172 Å². The van der Waals surface area contributed by atoms with Crippen LogP contribution in [0.25, 0.3) is 0 Å². The van der Waals surface area contributed by atoms with Gasteiger partial charge in [-0.1, -0.05) is 41.9 Å². The molecule has 2 aromatic carbocycles. The summed E-state index contributed by atoms with van der Waals surface area (Å²) in [4.78, 5) is 23.0. The maximum absolute atomic E-state index is 12.7. The van der Waals surface area contributed by atoms with E-state index in [1.165, 1.54) is 23.8 Å². The highest BCUT2D eigenvalue weighted by atomic mass is 35.5. The fourth-order valence-electron chi connectivity index (χ4n) is 3.70. The Hall–Kier alpha value is -3.19. The highest BCUT2D eigenvalue weighted by Crippen LogP contribution is 2.31. The van der Waals surface area contributed by atoms with Crippen molar-refractivity contribution in [3.05, 3.63) is 92.2 Å². The molecule has 148 valence electrons. The number of nitro groups is 1. The Bertz CT molecular complexity index is 1070. The van der Waals surface area contributed by atoms with Crippen LogP contribution < -0.4 is 5.32 Å². The Morgan fingerprint density at radius 2 is 2.07 bits per heavy atom. The van der Waals surface area contributed by atoms with Crippen molar-refractivity contribution in [3.8, 4) is 0 Å². The Morgan fingerprint density at radius 3 is 2.79 bits per heavy atom. The van der Waals surface area contributed by atoms with Crippen LogP contribution in [-0.2, 0) is 13.0 Å². The van der Waals surface area contributed by atoms with Gasteiger partial charge in [0.25, 0.3) is 11.6 Å². The van der Waals surface area contributed by atoms with E-state index in [-0.39, 0.29) is 28.2 Å². The second-order valence-corrected chi connectivity index (χ2v) is 7.44. The number of amides is 1. The summed E-state index contributed by atoms with van der Waals surface area (Å²) in [5, 5.41) is 18.5. The number of carbonyl (C=O) groups is 1. The first-order valence-corrected chi connectivity index (χ1v) is 9.74. The molecule has 1 amide bonds. The Morgan fingerprint density at radius 1 is 1.28 bits per heavy atom. The molecular formula is C21H19ClN4O3. The molecule has 0 bridgehead atoms. The van der Waals surface area contributed by atoms with Gasteiger partial charge in [0.1, 0.15) is 0 Å². The van der Waals surface area contributed by atoms with Crippen LogP contribution in [0.3, 0.4) is 0 Å². The lowest BCUT2D eigenvalue weighted by Crippen LogP contribution is -2.31. The van der Waals surface area contributed by atoms with Crippen molar-refractivity contribution < 1.29 is 9.72 Å². The van der Waals surface area contributed by atoms with Gasteiger partial charge in [-0.05, 0) is 30.9 Å². The summed E-state index contributed by atoms with van der Waals surface area (Å²) in [5.74, 6) is -0.349. The molecule has 0 spiro atoms. The Kier molecular flexibility index (Phi) is 5.31. The normalized spacial score (nSPS) is 15.6. The minimum Gasteiger partial charge on any atom is -0.345 e. The number of nitrogens with one attached hydrogen (secondary N) is 1. The standard InChI is InChI=1S/C21H19ClN4O3/c22-18-11-15(26(28)29)9-10-16(18)21(27)24-19-7-4-8-20-17(19)12-23-25(20)13-14-5-2-1-3-6-14/h1-3,5-6,9-12,19H,4,7-8,13H2,(H,24,27)/t19-/m1/s1. The van der Waals surface area contributed by atoms with E-state index in [1.54, 1.807) is 0 Å². The molecule has 1 atom stereocenters. The predicted octanol–water partition coefficient (Wildman–Crippen LogP) is 4.30. The molecule has 1 aliphatic carbocycles. The maximum atomic E-state index is 12.7. The predicted molar refractivity (Wildman–Crippen MR) is 109 cm³/mol. The summed E-state index contributed by atoms with van der Waals surface area (Å²) in [6, 6.07) is 13.8. The van der Waals surface area contributed by atoms with Gasteiger partial charge >= 0.3 is 0 Å². The molecule has 1 heterocycles. The Balaban J connectivity index is 1.53. The fraction of sp³-hybridized carbons (Fsp3) is 0.238. The lowest BCUT2D eigenvalue weighted by molar-refractivity contribution is -0.384. The smallest absolute Gasteiger partial charge is 0.270 e. The van der Waals surface area contributed by atoms with Gasteiger partial charge in [0, 0.05) is 23.4 Å². The number of nitrogens with zero attached hydrogens (tertiary/aromatic N) is 3. The van der Waals surface area contributed by atoms with E-state index < -0.39 is 4.92 Å². The van der Waals surface area contributed by atoms with Crippen LogP contribution in [0.4, 0.5) is 5.69 Å². The first-order valence-electron chi connectivity index (χ1n) is 9.36. The van der Waals surface area contributed by atoms with Gasteiger partial charge in [0.05, 0.1) is 34.3 Å². The van der Waals surface area contributed by atoms with Crippen molar-refractivity contribution in [2.75, 3.05) is 0 Å². The summed E-state index contributed by atoms with van der Waals surface area (Å²) >= 11 is 6.10. The number of halogens is 1. The molecule has 7 nitrogen and oxygen atoms in total. The number of hydrogen-bond donors (Lipinski definition) is 1. The van der Waals surface area contributed by atoms with Gasteiger partial charge in [-0.15, -0.1) is 0 Å². The van der Waals surface area contributed by atoms with Crippen LogP contribution in [0, 0.1) is 10.1 Å². The first kappa shape index (κ1) is 19.1. The van der Waals surface area contributed by atoms with Gasteiger partial charge in [-0.25, -0.2) is 0 Å². The molecule has 8 heteroatoms. The van der Waals surface area contributed by atoms with Crippen LogP contribution in [-0.4, -0.2) is 20.6 Å². The topological polar surface area (TPSA) is 90.1 Å². The van der Waals surface area contributed by atoms with E-state index in [2.05, 4.69) is 22.5 Å². The van der Waals surface area contributed by atoms with Gasteiger partial charge in [-0.2, -0.15) is 5.10 Å². The number of nitro benzene ring substituents is 1. The number of benzene rings is 2. The van der Waals surface area contributed by atoms with Crippen molar-refractivity contribution in [1.82, 2.24) is 15.1 Å². The average Bonchev–Trinajstić information content (AvgIpc) is 3.12. The first-order chi connectivity index (χ1) is 14.0. The van der Waals surface area contributed by atoms with Crippen molar-refractivity contribution in [1.29, 1.82) is 0 Å². The summed E-state index contributed by atoms with van der Waals surface area (Å²) in [6.07, 6.45) is 4.47. The summed E-state index contributed by atoms with van der Waals surface area (Å²) in [5.41, 5.74) is 3.38. The number of aromatic nitrogens is 2. The van der Waals surface area contributed by atoms with Gasteiger partial charge in [0.15, 0.2) is 0 Å². The molecule has 0 aliphatic heterocycles. The number of carbonyl (C=O) groups excluding carboxylic acids is 1. The lowest BCUT2D eigenvalue weighted by Gasteiger charge is -2.24. The molecule has 0 saturated heterocycles. The van der Waals surface area contributed by atoms with Crippen molar-refractivity contribution in [2.24, 2.45) is 0 Å². The zero-order valence-corrected chi connectivity index (χ0v) is 16.3. The van der Waals surface area contributed by atoms with E-state index in [0.29, 0.717) is 6.54 Å². The van der Waals surface area contributed by atoms with Gasteiger partial charge < -0.3 is 5.32 Å². The highest BCUT2D eigenvalue weighted by Gasteiger charge is 2.27. The van der Waals surface area contributed by atoms with E-state index in [9.17, 15) is 14.9 Å². The van der Waals surface area contributed by atoms with Crippen molar-refractivity contribution >= 4 is 23.2 Å². The van der Waals surface area contributed by atoms with Crippen molar-refractivity contribution in [2.45, 2.75) is 31.8 Å². The third kappa shape index (κ3) is 4.00. The number of non-ortho nitro benzene ring substituents is 1. The number of rotatable bonds is 5. The molecule has 0 fully saturated rings. The van der Waals surface area contributed by atoms with Crippen LogP contribution in [0.15, 0.2) is 54.7 Å². The quantitative estimate of drug-likeness (QED) is 0.501. The van der Waals surface area contributed by atoms with Crippen LogP contribution >= 0.6 is 11.6 Å². The minimum absolute atomic E-state index is 0.0625. The second-order valence-electron chi connectivity index (χ2n) is 7.03. The van der Waals surface area contributed by atoms with Crippen LogP contribution in [0.5, 0.6) is 0 Å². The van der Waals surface area contributed by atoms with E-state index in [4.69, 9.17) is 11.6 Å². The highest BCUT2D eigenvalue weighted by molar-refractivity contribution is 6.34. The number of fused-ring (bicyclic) bond motifs is 1. The molecule has 0 saturated carbocycles. The largest absolute Gasteiger partial charge is 0.345 e. The zero-order valence-electron chi connectivity index (χ0n) is 15.5. The van der Waals surface area contributed by atoms with E-state index in [0.717, 1.165) is 30.5 Å². The SMILES string of the molecule is O=C(N[C@@H]1CCCc2c1cnn2Cc1ccccc1)c1ccc([N+](=O)[O-])cc1Cl. The van der Waals surface area contributed by atoms with Crippen LogP contribution in [0.1, 0.15) is 46.1 Å². The maximum Gasteiger partial charge on any atom is 0.270 e. The fourth-order valence-corrected chi connectivity index (χ4v) is 3.96. The van der Waals surface area contributed by atoms with E-state index >= 15 is 0 Å². The van der Waals surface area contributed by atoms with Gasteiger partial charge in [0.2, 0.25) is 0 Å². The third-order valence-corrected chi connectivity index (χ3v) is 5.46. The zero-order chi connectivity index (χ0) is 20.4. The van der Waals surface area contributed by atoms with E-state index in [1.807, 2.05) is 29.1 Å². The lowest BCUT2D eigenvalue weighted by atomic mass is 9.92. The molecule has 3 aromatic rings. The van der Waals surface area contributed by atoms with Gasteiger partial charge in [-0.3, -0.25) is 19.6 Å². The summed E-state index contributed by atoms with van der Waals surface area (Å²) in [7, 11) is 0. The summed E-state index contributed by atoms with van der Waals surface area (Å²) < 4.78 is 1.99.